The number of pyridine rings is 1. The van der Waals surface area contributed by atoms with Gasteiger partial charge in [0.1, 0.15) is 5.82 Å². The van der Waals surface area contributed by atoms with Crippen molar-refractivity contribution in [1.29, 1.82) is 0 Å². The molecule has 0 saturated carbocycles. The van der Waals surface area contributed by atoms with Crippen LogP contribution in [-0.4, -0.2) is 21.8 Å². The van der Waals surface area contributed by atoms with E-state index in [1.54, 1.807) is 17.1 Å². The zero-order valence-electron chi connectivity index (χ0n) is 8.72. The van der Waals surface area contributed by atoms with Gasteiger partial charge in [0.2, 0.25) is 0 Å². The fourth-order valence-electron chi connectivity index (χ4n) is 1.31. The Kier molecular flexibility index (Phi) is 4.25. The summed E-state index contributed by atoms with van der Waals surface area (Å²) in [6, 6.07) is 1.45. The van der Waals surface area contributed by atoms with Gasteiger partial charge in [-0.1, -0.05) is 0 Å². The maximum absolute atomic E-state index is 12.8. The van der Waals surface area contributed by atoms with Crippen LogP contribution < -0.4 is 5.32 Å². The maximum atomic E-state index is 12.8. The smallest absolute Gasteiger partial charge is 0.141 e. The molecule has 86 valence electrons. The van der Waals surface area contributed by atoms with Crippen molar-refractivity contribution in [2.24, 2.45) is 0 Å². The van der Waals surface area contributed by atoms with Gasteiger partial charge in [-0.15, -0.1) is 12.4 Å². The highest BCUT2D eigenvalue weighted by atomic mass is 35.5. The Morgan fingerprint density at radius 1 is 1.38 bits per heavy atom. The van der Waals surface area contributed by atoms with Crippen LogP contribution in [0.2, 0.25) is 0 Å². The Labute approximate surface area is 98.9 Å². The van der Waals surface area contributed by atoms with Gasteiger partial charge in [-0.3, -0.25) is 9.67 Å². The Bertz CT molecular complexity index is 458. The minimum Gasteiger partial charge on any atom is -0.386 e. The molecule has 0 aliphatic rings. The summed E-state index contributed by atoms with van der Waals surface area (Å²) >= 11 is 0. The molecule has 4 nitrogen and oxygen atoms in total. The zero-order valence-corrected chi connectivity index (χ0v) is 9.54. The number of nitrogens with one attached hydrogen (secondary N) is 1. The molecule has 0 amide bonds. The highest BCUT2D eigenvalue weighted by molar-refractivity contribution is 5.85. The highest BCUT2D eigenvalue weighted by Gasteiger charge is 1.99. The van der Waals surface area contributed by atoms with E-state index < -0.39 is 0 Å². The van der Waals surface area contributed by atoms with E-state index in [0.717, 1.165) is 11.3 Å². The molecule has 1 N–H and O–H groups in total. The Morgan fingerprint density at radius 2 is 2.19 bits per heavy atom. The number of rotatable bonds is 3. The van der Waals surface area contributed by atoms with Crippen molar-refractivity contribution < 1.29 is 4.39 Å². The summed E-state index contributed by atoms with van der Waals surface area (Å²) in [6.07, 6.45) is 6.38. The topological polar surface area (TPSA) is 42.7 Å². The van der Waals surface area contributed by atoms with Crippen molar-refractivity contribution in [2.75, 3.05) is 12.4 Å². The van der Waals surface area contributed by atoms with Crippen LogP contribution in [0.4, 0.5) is 10.1 Å². The maximum Gasteiger partial charge on any atom is 0.141 e. The molecular weight excluding hydrogens is 231 g/mol. The van der Waals surface area contributed by atoms with Gasteiger partial charge < -0.3 is 5.32 Å². The molecule has 0 aromatic carbocycles. The third-order valence-corrected chi connectivity index (χ3v) is 2.03. The fraction of sp³-hybridized carbons (Fsp3) is 0.200. The van der Waals surface area contributed by atoms with Crippen LogP contribution in [0.5, 0.6) is 0 Å². The van der Waals surface area contributed by atoms with E-state index in [9.17, 15) is 4.39 Å². The molecule has 0 aliphatic heterocycles. The second kappa shape index (κ2) is 5.46. The van der Waals surface area contributed by atoms with Gasteiger partial charge in [0, 0.05) is 19.4 Å². The van der Waals surface area contributed by atoms with E-state index in [2.05, 4.69) is 15.4 Å². The normalized spacial score (nSPS) is 9.62. The van der Waals surface area contributed by atoms with Crippen LogP contribution in [0.25, 0.3) is 0 Å². The zero-order chi connectivity index (χ0) is 10.7. The molecule has 0 fully saturated rings. The predicted octanol–water partition coefficient (Wildman–Crippen LogP) is 1.93. The molecular formula is C10H12ClFN4. The number of hydrogen-bond donors (Lipinski definition) is 1. The lowest BCUT2D eigenvalue weighted by Gasteiger charge is -2.00. The summed E-state index contributed by atoms with van der Waals surface area (Å²) < 4.78 is 14.6. The van der Waals surface area contributed by atoms with Gasteiger partial charge in [0.15, 0.2) is 0 Å². The largest absolute Gasteiger partial charge is 0.386 e. The lowest BCUT2D eigenvalue weighted by atomic mass is 10.3. The minimum absolute atomic E-state index is 0. The average Bonchev–Trinajstić information content (AvgIpc) is 2.65. The van der Waals surface area contributed by atoms with Crippen LogP contribution in [0, 0.1) is 5.82 Å². The van der Waals surface area contributed by atoms with E-state index in [1.807, 2.05) is 13.2 Å². The third-order valence-electron chi connectivity index (χ3n) is 2.03. The van der Waals surface area contributed by atoms with Crippen LogP contribution in [0.15, 0.2) is 30.9 Å². The lowest BCUT2D eigenvalue weighted by molar-refractivity contribution is 0.611. The van der Waals surface area contributed by atoms with Crippen molar-refractivity contribution >= 4 is 18.1 Å². The van der Waals surface area contributed by atoms with Crippen LogP contribution in [0.1, 0.15) is 5.56 Å². The van der Waals surface area contributed by atoms with Crippen molar-refractivity contribution in [3.05, 3.63) is 42.2 Å². The Hall–Kier alpha value is -1.62. The first kappa shape index (κ1) is 12.4. The molecule has 0 bridgehead atoms. The van der Waals surface area contributed by atoms with E-state index in [4.69, 9.17) is 0 Å². The molecule has 0 spiro atoms. The van der Waals surface area contributed by atoms with Gasteiger partial charge in [0.05, 0.1) is 24.6 Å². The molecule has 0 saturated heterocycles. The number of anilines is 1. The SMILES string of the molecule is CNc1cnn(Cc2cncc(F)c2)c1.Cl. The molecule has 16 heavy (non-hydrogen) atoms. The molecule has 6 heteroatoms. The monoisotopic (exact) mass is 242 g/mol. The molecule has 2 aromatic rings. The van der Waals surface area contributed by atoms with Crippen molar-refractivity contribution in [2.45, 2.75) is 6.54 Å². The molecule has 2 rings (SSSR count). The highest BCUT2D eigenvalue weighted by Crippen LogP contribution is 2.07. The minimum atomic E-state index is -0.325. The first-order valence-corrected chi connectivity index (χ1v) is 4.57. The van der Waals surface area contributed by atoms with Gasteiger partial charge in [-0.25, -0.2) is 4.39 Å². The molecule has 0 unspecified atom stereocenters. The second-order valence-electron chi connectivity index (χ2n) is 3.19. The number of halogens is 2. The standard InChI is InChI=1S/C10H11FN4.ClH/c1-12-10-5-14-15(7-10)6-8-2-9(11)4-13-3-8;/h2-5,7,12H,6H2,1H3;1H. The van der Waals surface area contributed by atoms with E-state index in [-0.39, 0.29) is 18.2 Å². The third kappa shape index (κ3) is 2.93. The quantitative estimate of drug-likeness (QED) is 0.894. The number of hydrogen-bond acceptors (Lipinski definition) is 3. The van der Waals surface area contributed by atoms with Crippen LogP contribution in [0.3, 0.4) is 0 Å². The summed E-state index contributed by atoms with van der Waals surface area (Å²) in [7, 11) is 1.82. The summed E-state index contributed by atoms with van der Waals surface area (Å²) in [4.78, 5) is 3.78. The number of nitrogens with zero attached hydrogens (tertiary/aromatic N) is 3. The summed E-state index contributed by atoms with van der Waals surface area (Å²) in [6.45, 7) is 0.520. The van der Waals surface area contributed by atoms with Crippen molar-refractivity contribution in [3.8, 4) is 0 Å². The van der Waals surface area contributed by atoms with Gasteiger partial charge >= 0.3 is 0 Å². The van der Waals surface area contributed by atoms with Crippen molar-refractivity contribution in [3.63, 3.8) is 0 Å². The van der Waals surface area contributed by atoms with Gasteiger partial charge in [0.25, 0.3) is 0 Å². The molecule has 0 atom stereocenters. The summed E-state index contributed by atoms with van der Waals surface area (Å²) in [5, 5.41) is 7.09. The molecule has 0 aliphatic carbocycles. The lowest BCUT2D eigenvalue weighted by Crippen LogP contribution is -2.00. The number of aromatic nitrogens is 3. The Balaban J connectivity index is 0.00000128. The van der Waals surface area contributed by atoms with E-state index in [1.165, 1.54) is 12.3 Å². The molecule has 0 radical (unpaired) electrons. The first-order valence-electron chi connectivity index (χ1n) is 4.57. The molecule has 2 aromatic heterocycles. The van der Waals surface area contributed by atoms with Crippen molar-refractivity contribution in [1.82, 2.24) is 14.8 Å². The Morgan fingerprint density at radius 3 is 2.81 bits per heavy atom. The second-order valence-corrected chi connectivity index (χ2v) is 3.19. The van der Waals surface area contributed by atoms with E-state index in [0.29, 0.717) is 6.54 Å². The van der Waals surface area contributed by atoms with E-state index >= 15 is 0 Å². The van der Waals surface area contributed by atoms with Gasteiger partial charge in [-0.05, 0) is 11.6 Å². The fourth-order valence-corrected chi connectivity index (χ4v) is 1.31. The van der Waals surface area contributed by atoms with Gasteiger partial charge in [-0.2, -0.15) is 5.10 Å². The van der Waals surface area contributed by atoms with Crippen LogP contribution in [-0.2, 0) is 6.54 Å². The van der Waals surface area contributed by atoms with Crippen LogP contribution >= 0.6 is 12.4 Å². The average molecular weight is 243 g/mol. The summed E-state index contributed by atoms with van der Waals surface area (Å²) in [5.74, 6) is -0.325. The molecule has 2 heterocycles. The predicted molar refractivity (Wildman–Crippen MR) is 62.3 cm³/mol. The first-order chi connectivity index (χ1) is 7.28. The summed E-state index contributed by atoms with van der Waals surface area (Å²) in [5.41, 5.74) is 1.72.